The number of alkyl halides is 1. The molecule has 1 fully saturated rings. The molecule has 0 aromatic heterocycles. The zero-order valence-corrected chi connectivity index (χ0v) is 9.07. The molecule has 0 spiro atoms. The van der Waals surface area contributed by atoms with Crippen LogP contribution in [0.5, 0.6) is 0 Å². The molecule has 1 N–H and O–H groups in total. The van der Waals surface area contributed by atoms with Crippen LogP contribution in [0, 0.1) is 0 Å². The summed E-state index contributed by atoms with van der Waals surface area (Å²) in [5, 5.41) is 2.48. The van der Waals surface area contributed by atoms with Gasteiger partial charge in [-0.1, -0.05) is 30.3 Å². The van der Waals surface area contributed by atoms with Gasteiger partial charge < -0.3 is 10.1 Å². The van der Waals surface area contributed by atoms with Gasteiger partial charge in [-0.2, -0.15) is 0 Å². The van der Waals surface area contributed by atoms with E-state index in [1.54, 1.807) is 6.92 Å². The highest BCUT2D eigenvalue weighted by atomic mass is 19.1. The van der Waals surface area contributed by atoms with Gasteiger partial charge in [0.15, 0.2) is 5.60 Å². The second-order valence-corrected chi connectivity index (χ2v) is 4.06. The summed E-state index contributed by atoms with van der Waals surface area (Å²) in [7, 11) is 0. The van der Waals surface area contributed by atoms with Gasteiger partial charge in [0.05, 0.1) is 12.6 Å². The number of halogens is 1. The van der Waals surface area contributed by atoms with E-state index in [2.05, 4.69) is 5.32 Å². The Hall–Kier alpha value is -1.42. The summed E-state index contributed by atoms with van der Waals surface area (Å²) < 4.78 is 18.1. The maximum atomic E-state index is 12.5. The number of rotatable bonds is 4. The minimum atomic E-state index is -1.02. The molecule has 86 valence electrons. The SMILES string of the molecule is C[C@]1(OCc2ccccc2)C(=O)N[C@H]1CF. The molecule has 1 aliphatic heterocycles. The smallest absolute Gasteiger partial charge is 0.254 e. The van der Waals surface area contributed by atoms with Gasteiger partial charge in [0.25, 0.3) is 5.91 Å². The fraction of sp³-hybridized carbons (Fsp3) is 0.417. The normalized spacial score (nSPS) is 28.4. The number of benzene rings is 1. The molecule has 2 rings (SSSR count). The molecule has 1 aromatic rings. The van der Waals surface area contributed by atoms with Crippen molar-refractivity contribution in [2.45, 2.75) is 25.2 Å². The van der Waals surface area contributed by atoms with Crippen LogP contribution in [0.1, 0.15) is 12.5 Å². The molecule has 1 aliphatic rings. The third-order valence-corrected chi connectivity index (χ3v) is 2.96. The van der Waals surface area contributed by atoms with E-state index in [1.807, 2.05) is 30.3 Å². The topological polar surface area (TPSA) is 38.3 Å². The summed E-state index contributed by atoms with van der Waals surface area (Å²) in [5.74, 6) is -0.244. The van der Waals surface area contributed by atoms with Crippen LogP contribution in [0.4, 0.5) is 4.39 Å². The van der Waals surface area contributed by atoms with Crippen molar-refractivity contribution in [2.24, 2.45) is 0 Å². The lowest BCUT2D eigenvalue weighted by Gasteiger charge is -2.44. The molecule has 0 saturated carbocycles. The molecule has 1 aromatic carbocycles. The van der Waals surface area contributed by atoms with Gasteiger partial charge in [0, 0.05) is 0 Å². The first-order valence-electron chi connectivity index (χ1n) is 5.21. The van der Waals surface area contributed by atoms with Gasteiger partial charge in [-0.3, -0.25) is 4.79 Å². The maximum Gasteiger partial charge on any atom is 0.254 e. The minimum Gasteiger partial charge on any atom is -0.358 e. The third-order valence-electron chi connectivity index (χ3n) is 2.96. The van der Waals surface area contributed by atoms with Gasteiger partial charge in [-0.15, -0.1) is 0 Å². The summed E-state index contributed by atoms with van der Waals surface area (Å²) >= 11 is 0. The number of nitrogens with one attached hydrogen (secondary N) is 1. The molecular weight excluding hydrogens is 209 g/mol. The Morgan fingerprint density at radius 1 is 1.44 bits per heavy atom. The molecule has 0 unspecified atom stereocenters. The van der Waals surface area contributed by atoms with Crippen LogP contribution in [-0.4, -0.2) is 24.2 Å². The Balaban J connectivity index is 1.97. The van der Waals surface area contributed by atoms with Crippen molar-refractivity contribution in [3.05, 3.63) is 35.9 Å². The molecule has 0 radical (unpaired) electrons. The first-order valence-corrected chi connectivity index (χ1v) is 5.21. The summed E-state index contributed by atoms with van der Waals surface area (Å²) in [6.45, 7) is 1.34. The van der Waals surface area contributed by atoms with Crippen molar-refractivity contribution in [1.82, 2.24) is 5.32 Å². The van der Waals surface area contributed by atoms with Crippen LogP contribution in [0.2, 0.25) is 0 Å². The number of hydrogen-bond acceptors (Lipinski definition) is 2. The number of carbonyl (C=O) groups is 1. The van der Waals surface area contributed by atoms with E-state index in [-0.39, 0.29) is 5.91 Å². The first-order chi connectivity index (χ1) is 7.66. The Bertz CT molecular complexity index is 382. The van der Waals surface area contributed by atoms with Crippen molar-refractivity contribution in [3.63, 3.8) is 0 Å². The summed E-state index contributed by atoms with van der Waals surface area (Å²) in [6.07, 6.45) is 0. The molecule has 4 heteroatoms. The quantitative estimate of drug-likeness (QED) is 0.784. The number of hydrogen-bond donors (Lipinski definition) is 1. The Labute approximate surface area is 93.6 Å². The monoisotopic (exact) mass is 223 g/mol. The van der Waals surface area contributed by atoms with E-state index < -0.39 is 18.3 Å². The van der Waals surface area contributed by atoms with Crippen LogP contribution in [0.25, 0.3) is 0 Å². The second kappa shape index (κ2) is 4.22. The molecule has 3 nitrogen and oxygen atoms in total. The van der Waals surface area contributed by atoms with Crippen molar-refractivity contribution >= 4 is 5.91 Å². The minimum absolute atomic E-state index is 0.244. The molecule has 1 amide bonds. The van der Waals surface area contributed by atoms with E-state index in [4.69, 9.17) is 4.74 Å². The number of ether oxygens (including phenoxy) is 1. The predicted molar refractivity (Wildman–Crippen MR) is 57.5 cm³/mol. The van der Waals surface area contributed by atoms with Crippen LogP contribution >= 0.6 is 0 Å². The van der Waals surface area contributed by atoms with Gasteiger partial charge in [-0.25, -0.2) is 4.39 Å². The molecule has 0 aliphatic carbocycles. The molecule has 1 heterocycles. The highest BCUT2D eigenvalue weighted by Crippen LogP contribution is 2.26. The van der Waals surface area contributed by atoms with Gasteiger partial charge >= 0.3 is 0 Å². The van der Waals surface area contributed by atoms with E-state index in [1.165, 1.54) is 0 Å². The standard InChI is InChI=1S/C12H14FNO2/c1-12(10(7-13)14-11(12)15)16-8-9-5-3-2-4-6-9/h2-6,10H,7-8H2,1H3,(H,14,15)/t10-,12+/m0/s1. The average Bonchev–Trinajstić information content (AvgIpc) is 2.34. The van der Waals surface area contributed by atoms with Crippen molar-refractivity contribution in [1.29, 1.82) is 0 Å². The second-order valence-electron chi connectivity index (χ2n) is 4.06. The van der Waals surface area contributed by atoms with Crippen LogP contribution in [0.15, 0.2) is 30.3 Å². The lowest BCUT2D eigenvalue weighted by atomic mass is 9.87. The largest absolute Gasteiger partial charge is 0.358 e. The summed E-state index contributed by atoms with van der Waals surface area (Å²) in [4.78, 5) is 11.3. The molecular formula is C12H14FNO2. The molecule has 0 bridgehead atoms. The number of β-lactam (4-membered cyclic amide) rings is 1. The number of amides is 1. The lowest BCUT2D eigenvalue weighted by molar-refractivity contribution is -0.172. The summed E-state index contributed by atoms with van der Waals surface area (Å²) in [5.41, 5.74) is -0.0500. The highest BCUT2D eigenvalue weighted by Gasteiger charge is 2.52. The Kier molecular flexibility index (Phi) is 2.92. The van der Waals surface area contributed by atoms with Gasteiger partial charge in [0.1, 0.15) is 6.67 Å². The molecule has 2 atom stereocenters. The van der Waals surface area contributed by atoms with Crippen LogP contribution in [-0.2, 0) is 16.1 Å². The zero-order chi connectivity index (χ0) is 11.6. The average molecular weight is 223 g/mol. The lowest BCUT2D eigenvalue weighted by Crippen LogP contribution is -2.72. The van der Waals surface area contributed by atoms with Crippen molar-refractivity contribution in [2.75, 3.05) is 6.67 Å². The molecule has 16 heavy (non-hydrogen) atoms. The van der Waals surface area contributed by atoms with Crippen molar-refractivity contribution < 1.29 is 13.9 Å². The van der Waals surface area contributed by atoms with Crippen molar-refractivity contribution in [3.8, 4) is 0 Å². The first kappa shape index (κ1) is 11.1. The Morgan fingerprint density at radius 3 is 2.69 bits per heavy atom. The number of carbonyl (C=O) groups excluding carboxylic acids is 1. The van der Waals surface area contributed by atoms with Crippen LogP contribution < -0.4 is 5.32 Å². The van der Waals surface area contributed by atoms with Gasteiger partial charge in [-0.05, 0) is 12.5 Å². The molecule has 1 saturated heterocycles. The van der Waals surface area contributed by atoms with E-state index in [0.717, 1.165) is 5.56 Å². The van der Waals surface area contributed by atoms with E-state index in [9.17, 15) is 9.18 Å². The fourth-order valence-electron chi connectivity index (χ4n) is 1.68. The third kappa shape index (κ3) is 1.80. The van der Waals surface area contributed by atoms with E-state index in [0.29, 0.717) is 6.61 Å². The zero-order valence-electron chi connectivity index (χ0n) is 9.07. The van der Waals surface area contributed by atoms with Gasteiger partial charge in [0.2, 0.25) is 0 Å². The van der Waals surface area contributed by atoms with E-state index >= 15 is 0 Å². The summed E-state index contributed by atoms with van der Waals surface area (Å²) in [6, 6.07) is 8.99. The maximum absolute atomic E-state index is 12.5. The Morgan fingerprint density at radius 2 is 2.12 bits per heavy atom. The highest BCUT2D eigenvalue weighted by molar-refractivity contribution is 5.92. The fourth-order valence-corrected chi connectivity index (χ4v) is 1.68. The predicted octanol–water partition coefficient (Wildman–Crippen LogP) is 1.43. The van der Waals surface area contributed by atoms with Crippen LogP contribution in [0.3, 0.4) is 0 Å².